The Kier molecular flexibility index (Phi) is 4.10. The Bertz CT molecular complexity index is 505. The van der Waals surface area contributed by atoms with Crippen LogP contribution in [0.3, 0.4) is 0 Å². The second-order valence-corrected chi connectivity index (χ2v) is 4.64. The van der Waals surface area contributed by atoms with Gasteiger partial charge in [0.15, 0.2) is 0 Å². The van der Waals surface area contributed by atoms with Crippen molar-refractivity contribution in [3.8, 4) is 0 Å². The summed E-state index contributed by atoms with van der Waals surface area (Å²) < 4.78 is 15.1. The van der Waals surface area contributed by atoms with E-state index in [4.69, 9.17) is 0 Å². The fraction of sp³-hybridized carbons (Fsp3) is 0.357. The molecule has 96 valence electrons. The quantitative estimate of drug-likeness (QED) is 0.880. The summed E-state index contributed by atoms with van der Waals surface area (Å²) in [5, 5.41) is 3.33. The van der Waals surface area contributed by atoms with E-state index < -0.39 is 0 Å². The second-order valence-electron chi connectivity index (χ2n) is 4.64. The zero-order valence-electron chi connectivity index (χ0n) is 10.7. The third-order valence-corrected chi connectivity index (χ3v) is 2.71. The molecule has 0 aliphatic rings. The maximum absolute atomic E-state index is 13.1. The van der Waals surface area contributed by atoms with Gasteiger partial charge in [-0.15, -0.1) is 0 Å². The van der Waals surface area contributed by atoms with Crippen LogP contribution in [0, 0.1) is 5.82 Å². The average molecular weight is 247 g/mol. The van der Waals surface area contributed by atoms with E-state index in [9.17, 15) is 4.39 Å². The maximum atomic E-state index is 13.1. The number of imidazole rings is 1. The predicted octanol–water partition coefficient (Wildman–Crippen LogP) is 2.57. The number of halogens is 1. The third-order valence-electron chi connectivity index (χ3n) is 2.71. The normalized spacial score (nSPS) is 11.1. The lowest BCUT2D eigenvalue weighted by Crippen LogP contribution is -2.24. The molecule has 1 aromatic carbocycles. The Morgan fingerprint density at radius 2 is 2.22 bits per heavy atom. The highest BCUT2D eigenvalue weighted by Gasteiger charge is 2.04. The van der Waals surface area contributed by atoms with Crippen molar-refractivity contribution < 1.29 is 4.39 Å². The highest BCUT2D eigenvalue weighted by Crippen LogP contribution is 2.08. The first kappa shape index (κ1) is 12.8. The van der Waals surface area contributed by atoms with Crippen molar-refractivity contribution in [1.29, 1.82) is 0 Å². The van der Waals surface area contributed by atoms with Gasteiger partial charge in [-0.25, -0.2) is 9.37 Å². The molecule has 0 fully saturated rings. The smallest absolute Gasteiger partial charge is 0.123 e. The molecule has 2 aromatic rings. The van der Waals surface area contributed by atoms with Crippen LogP contribution < -0.4 is 5.32 Å². The number of hydrogen-bond acceptors (Lipinski definition) is 2. The molecular weight excluding hydrogens is 229 g/mol. The fourth-order valence-corrected chi connectivity index (χ4v) is 1.78. The minimum Gasteiger partial charge on any atom is -0.329 e. The summed E-state index contributed by atoms with van der Waals surface area (Å²) >= 11 is 0. The van der Waals surface area contributed by atoms with Gasteiger partial charge in [0.1, 0.15) is 11.6 Å². The molecule has 0 aliphatic carbocycles. The van der Waals surface area contributed by atoms with Gasteiger partial charge >= 0.3 is 0 Å². The number of nitrogens with one attached hydrogen (secondary N) is 1. The van der Waals surface area contributed by atoms with Crippen molar-refractivity contribution in [2.75, 3.05) is 0 Å². The highest BCUT2D eigenvalue weighted by atomic mass is 19.1. The molecule has 1 heterocycles. The minimum absolute atomic E-state index is 0.200. The molecule has 1 aromatic heterocycles. The van der Waals surface area contributed by atoms with E-state index in [-0.39, 0.29) is 5.82 Å². The molecule has 0 saturated carbocycles. The van der Waals surface area contributed by atoms with E-state index in [1.54, 1.807) is 18.3 Å². The van der Waals surface area contributed by atoms with Crippen LogP contribution in [0.2, 0.25) is 0 Å². The summed E-state index contributed by atoms with van der Waals surface area (Å²) in [7, 11) is 0. The van der Waals surface area contributed by atoms with Crippen molar-refractivity contribution in [2.24, 2.45) is 0 Å². The van der Waals surface area contributed by atoms with Gasteiger partial charge in [-0.2, -0.15) is 0 Å². The van der Waals surface area contributed by atoms with Crippen LogP contribution in [0.1, 0.15) is 25.2 Å². The molecule has 0 unspecified atom stereocenters. The summed E-state index contributed by atoms with van der Waals surface area (Å²) in [4.78, 5) is 4.31. The lowest BCUT2D eigenvalue weighted by molar-refractivity contribution is 0.554. The Morgan fingerprint density at radius 1 is 1.39 bits per heavy atom. The first-order valence-electron chi connectivity index (χ1n) is 6.13. The zero-order valence-corrected chi connectivity index (χ0v) is 10.7. The summed E-state index contributed by atoms with van der Waals surface area (Å²) in [5.41, 5.74) is 0.943. The Hall–Kier alpha value is -1.68. The predicted molar refractivity (Wildman–Crippen MR) is 69.7 cm³/mol. The highest BCUT2D eigenvalue weighted by molar-refractivity contribution is 5.17. The van der Waals surface area contributed by atoms with Crippen molar-refractivity contribution in [2.45, 2.75) is 33.0 Å². The molecule has 0 radical (unpaired) electrons. The lowest BCUT2D eigenvalue weighted by Gasteiger charge is -2.11. The molecule has 3 nitrogen and oxygen atoms in total. The van der Waals surface area contributed by atoms with E-state index in [0.717, 1.165) is 17.9 Å². The molecule has 0 bridgehead atoms. The first-order valence-corrected chi connectivity index (χ1v) is 6.13. The summed E-state index contributed by atoms with van der Waals surface area (Å²) in [6.07, 6.45) is 3.69. The van der Waals surface area contributed by atoms with Gasteiger partial charge in [-0.3, -0.25) is 0 Å². The van der Waals surface area contributed by atoms with E-state index >= 15 is 0 Å². The molecule has 0 aliphatic heterocycles. The molecule has 18 heavy (non-hydrogen) atoms. The van der Waals surface area contributed by atoms with Crippen LogP contribution in [0.15, 0.2) is 36.7 Å². The standard InChI is InChI=1S/C14H18FN3/c1-11(2)17-9-14-16-6-7-18(14)10-12-4-3-5-13(15)8-12/h3-8,11,17H,9-10H2,1-2H3. The van der Waals surface area contributed by atoms with Gasteiger partial charge < -0.3 is 9.88 Å². The van der Waals surface area contributed by atoms with Gasteiger partial charge in [0.05, 0.1) is 6.54 Å². The van der Waals surface area contributed by atoms with Crippen LogP contribution in [0.5, 0.6) is 0 Å². The summed E-state index contributed by atoms with van der Waals surface area (Å²) in [6, 6.07) is 7.08. The minimum atomic E-state index is -0.200. The van der Waals surface area contributed by atoms with Crippen LogP contribution >= 0.6 is 0 Å². The monoisotopic (exact) mass is 247 g/mol. The van der Waals surface area contributed by atoms with Gasteiger partial charge in [0.2, 0.25) is 0 Å². The van der Waals surface area contributed by atoms with E-state index in [1.807, 2.05) is 16.8 Å². The van der Waals surface area contributed by atoms with Crippen LogP contribution in [0.25, 0.3) is 0 Å². The molecule has 1 N–H and O–H groups in total. The van der Waals surface area contributed by atoms with Crippen molar-refractivity contribution in [3.05, 3.63) is 53.9 Å². The fourth-order valence-electron chi connectivity index (χ4n) is 1.78. The van der Waals surface area contributed by atoms with E-state index in [1.165, 1.54) is 6.07 Å². The summed E-state index contributed by atoms with van der Waals surface area (Å²) in [5.74, 6) is 0.766. The van der Waals surface area contributed by atoms with Gasteiger partial charge in [0, 0.05) is 25.0 Å². The average Bonchev–Trinajstić information content (AvgIpc) is 2.74. The molecule has 0 atom stereocenters. The Morgan fingerprint density at radius 3 is 2.94 bits per heavy atom. The number of hydrogen-bond donors (Lipinski definition) is 1. The topological polar surface area (TPSA) is 29.9 Å². The van der Waals surface area contributed by atoms with Gasteiger partial charge in [0.25, 0.3) is 0 Å². The van der Waals surface area contributed by atoms with Gasteiger partial charge in [-0.1, -0.05) is 26.0 Å². The molecule has 2 rings (SSSR count). The van der Waals surface area contributed by atoms with Crippen LogP contribution in [0.4, 0.5) is 4.39 Å². The second kappa shape index (κ2) is 5.78. The van der Waals surface area contributed by atoms with Crippen molar-refractivity contribution in [3.63, 3.8) is 0 Å². The van der Waals surface area contributed by atoms with Crippen LogP contribution in [-0.4, -0.2) is 15.6 Å². The molecule has 0 spiro atoms. The molecular formula is C14H18FN3. The van der Waals surface area contributed by atoms with E-state index in [0.29, 0.717) is 12.6 Å². The number of rotatable bonds is 5. The third kappa shape index (κ3) is 3.40. The molecule has 0 amide bonds. The van der Waals surface area contributed by atoms with Crippen LogP contribution in [-0.2, 0) is 13.1 Å². The SMILES string of the molecule is CC(C)NCc1nccn1Cc1cccc(F)c1. The molecule has 0 saturated heterocycles. The Balaban J connectivity index is 2.07. The van der Waals surface area contributed by atoms with Gasteiger partial charge in [-0.05, 0) is 17.7 Å². The number of nitrogens with zero attached hydrogens (tertiary/aromatic N) is 2. The number of benzene rings is 1. The maximum Gasteiger partial charge on any atom is 0.123 e. The zero-order chi connectivity index (χ0) is 13.0. The molecule has 4 heteroatoms. The largest absolute Gasteiger partial charge is 0.329 e. The first-order chi connectivity index (χ1) is 8.65. The number of aromatic nitrogens is 2. The lowest BCUT2D eigenvalue weighted by atomic mass is 10.2. The van der Waals surface area contributed by atoms with E-state index in [2.05, 4.69) is 24.1 Å². The van der Waals surface area contributed by atoms with Crippen molar-refractivity contribution in [1.82, 2.24) is 14.9 Å². The summed E-state index contributed by atoms with van der Waals surface area (Å²) in [6.45, 7) is 5.56. The van der Waals surface area contributed by atoms with Crippen molar-refractivity contribution >= 4 is 0 Å². The Labute approximate surface area is 107 Å².